The molecule has 0 aliphatic rings. The predicted octanol–water partition coefficient (Wildman–Crippen LogP) is 2.70. The lowest BCUT2D eigenvalue weighted by atomic mass is 10.1. The smallest absolute Gasteiger partial charge is 0.265 e. The van der Waals surface area contributed by atoms with Crippen LogP contribution in [0.3, 0.4) is 0 Å². The predicted molar refractivity (Wildman–Crippen MR) is 78.1 cm³/mol. The highest BCUT2D eigenvalue weighted by Gasteiger charge is 2.17. The third-order valence-electron chi connectivity index (χ3n) is 2.92. The van der Waals surface area contributed by atoms with E-state index in [1.54, 1.807) is 11.1 Å². The minimum atomic E-state index is 0.0105. The van der Waals surface area contributed by atoms with Gasteiger partial charge in [0.1, 0.15) is 4.88 Å². The number of benzene rings is 1. The number of hydrogen-bond acceptors (Lipinski definition) is 4. The molecule has 19 heavy (non-hydrogen) atoms. The number of aryl methyl sites for hydroxylation is 1. The van der Waals surface area contributed by atoms with Crippen molar-refractivity contribution in [2.45, 2.75) is 20.4 Å². The Kier molecular flexibility index (Phi) is 4.16. The number of anilines is 1. The van der Waals surface area contributed by atoms with E-state index >= 15 is 0 Å². The van der Waals surface area contributed by atoms with Crippen LogP contribution >= 0.6 is 11.3 Å². The maximum Gasteiger partial charge on any atom is 0.265 e. The number of aromatic nitrogens is 1. The van der Waals surface area contributed by atoms with Crippen LogP contribution in [0.1, 0.15) is 27.2 Å². The quantitative estimate of drug-likeness (QED) is 0.873. The highest BCUT2D eigenvalue weighted by molar-refractivity contribution is 7.13. The van der Waals surface area contributed by atoms with E-state index in [-0.39, 0.29) is 5.91 Å². The molecule has 100 valence electrons. The number of thiazole rings is 1. The van der Waals surface area contributed by atoms with Gasteiger partial charge in [-0.25, -0.2) is 4.98 Å². The monoisotopic (exact) mass is 275 g/mol. The average molecular weight is 275 g/mol. The van der Waals surface area contributed by atoms with Crippen LogP contribution in [0.2, 0.25) is 0 Å². The molecule has 1 amide bonds. The Bertz CT molecular complexity index is 580. The number of carbonyl (C=O) groups excluding carboxylic acids is 1. The molecule has 1 aromatic carbocycles. The summed E-state index contributed by atoms with van der Waals surface area (Å²) in [6.07, 6.45) is 1.64. The minimum absolute atomic E-state index is 0.0105. The third kappa shape index (κ3) is 3.12. The first kappa shape index (κ1) is 13.5. The minimum Gasteiger partial charge on any atom is -0.398 e. The van der Waals surface area contributed by atoms with E-state index < -0.39 is 0 Å². The summed E-state index contributed by atoms with van der Waals surface area (Å²) >= 11 is 1.42. The number of nitrogens with two attached hydrogens (primary N) is 1. The lowest BCUT2D eigenvalue weighted by molar-refractivity contribution is 0.0757. The largest absolute Gasteiger partial charge is 0.398 e. The van der Waals surface area contributed by atoms with Gasteiger partial charge >= 0.3 is 0 Å². The molecular formula is C14H17N3OS. The SMILES string of the molecule is CCN(Cc1ccccc1N)C(=O)c1cnc(C)s1. The summed E-state index contributed by atoms with van der Waals surface area (Å²) in [7, 11) is 0. The summed E-state index contributed by atoms with van der Waals surface area (Å²) in [5.74, 6) is 0.0105. The second-order valence-corrected chi connectivity index (χ2v) is 5.50. The van der Waals surface area contributed by atoms with Crippen LogP contribution in [-0.4, -0.2) is 22.3 Å². The van der Waals surface area contributed by atoms with Crippen LogP contribution in [0.5, 0.6) is 0 Å². The van der Waals surface area contributed by atoms with E-state index in [4.69, 9.17) is 5.73 Å². The number of carbonyl (C=O) groups is 1. The molecular weight excluding hydrogens is 258 g/mol. The summed E-state index contributed by atoms with van der Waals surface area (Å²) < 4.78 is 0. The van der Waals surface area contributed by atoms with Crippen molar-refractivity contribution in [2.24, 2.45) is 0 Å². The lowest BCUT2D eigenvalue weighted by Crippen LogP contribution is -2.30. The highest BCUT2D eigenvalue weighted by atomic mass is 32.1. The zero-order chi connectivity index (χ0) is 13.8. The van der Waals surface area contributed by atoms with E-state index in [9.17, 15) is 4.79 Å². The van der Waals surface area contributed by atoms with Gasteiger partial charge < -0.3 is 10.6 Å². The van der Waals surface area contributed by atoms with Crippen LogP contribution in [0, 0.1) is 6.92 Å². The van der Waals surface area contributed by atoms with Gasteiger partial charge in [-0.3, -0.25) is 4.79 Å². The molecule has 0 atom stereocenters. The van der Waals surface area contributed by atoms with E-state index in [0.717, 1.165) is 10.6 Å². The number of hydrogen-bond donors (Lipinski definition) is 1. The zero-order valence-corrected chi connectivity index (χ0v) is 11.9. The average Bonchev–Trinajstić information content (AvgIpc) is 2.84. The van der Waals surface area contributed by atoms with Crippen molar-refractivity contribution in [1.82, 2.24) is 9.88 Å². The molecule has 2 N–H and O–H groups in total. The summed E-state index contributed by atoms with van der Waals surface area (Å²) in [6.45, 7) is 5.03. The van der Waals surface area contributed by atoms with Gasteiger partial charge in [-0.2, -0.15) is 0 Å². The van der Waals surface area contributed by atoms with Crippen LogP contribution in [-0.2, 0) is 6.54 Å². The Balaban J connectivity index is 2.17. The van der Waals surface area contributed by atoms with Gasteiger partial charge in [-0.1, -0.05) is 18.2 Å². The van der Waals surface area contributed by atoms with Crippen molar-refractivity contribution in [3.05, 3.63) is 45.9 Å². The molecule has 0 radical (unpaired) electrons. The molecule has 0 unspecified atom stereocenters. The molecule has 2 aromatic rings. The first-order valence-electron chi connectivity index (χ1n) is 6.17. The Morgan fingerprint density at radius 2 is 2.16 bits per heavy atom. The zero-order valence-electron chi connectivity index (χ0n) is 11.1. The van der Waals surface area contributed by atoms with E-state index in [1.807, 2.05) is 38.1 Å². The molecule has 0 fully saturated rings. The van der Waals surface area contributed by atoms with Gasteiger partial charge in [0, 0.05) is 18.8 Å². The summed E-state index contributed by atoms with van der Waals surface area (Å²) in [5.41, 5.74) is 7.61. The van der Waals surface area contributed by atoms with Gasteiger partial charge in [0.2, 0.25) is 0 Å². The lowest BCUT2D eigenvalue weighted by Gasteiger charge is -2.20. The number of nitrogen functional groups attached to an aromatic ring is 1. The molecule has 4 nitrogen and oxygen atoms in total. The fourth-order valence-electron chi connectivity index (χ4n) is 1.83. The van der Waals surface area contributed by atoms with Crippen molar-refractivity contribution in [3.8, 4) is 0 Å². The Morgan fingerprint density at radius 3 is 2.74 bits per heavy atom. The summed E-state index contributed by atoms with van der Waals surface area (Å²) in [4.78, 5) is 18.9. The fraction of sp³-hybridized carbons (Fsp3) is 0.286. The van der Waals surface area contributed by atoms with Crippen LogP contribution in [0.25, 0.3) is 0 Å². The third-order valence-corrected chi connectivity index (χ3v) is 3.82. The highest BCUT2D eigenvalue weighted by Crippen LogP contribution is 2.18. The Morgan fingerprint density at radius 1 is 1.42 bits per heavy atom. The van der Waals surface area contributed by atoms with Crippen molar-refractivity contribution >= 4 is 22.9 Å². The Labute approximate surface area is 116 Å². The number of amides is 1. The fourth-order valence-corrected chi connectivity index (χ4v) is 2.57. The second-order valence-electron chi connectivity index (χ2n) is 4.26. The molecule has 0 saturated heterocycles. The van der Waals surface area contributed by atoms with Crippen molar-refractivity contribution < 1.29 is 4.79 Å². The molecule has 0 aliphatic heterocycles. The van der Waals surface area contributed by atoms with Crippen LogP contribution in [0.4, 0.5) is 5.69 Å². The molecule has 2 rings (SSSR count). The first-order valence-corrected chi connectivity index (χ1v) is 6.98. The van der Waals surface area contributed by atoms with Gasteiger partial charge in [-0.15, -0.1) is 11.3 Å². The molecule has 5 heteroatoms. The van der Waals surface area contributed by atoms with Gasteiger partial charge in [0.25, 0.3) is 5.91 Å². The standard InChI is InChI=1S/C14H17N3OS/c1-3-17(9-11-6-4-5-7-12(11)15)14(18)13-8-16-10(2)19-13/h4-8H,3,9,15H2,1-2H3. The molecule has 0 bridgehead atoms. The summed E-state index contributed by atoms with van der Waals surface area (Å²) in [6, 6.07) is 7.62. The molecule has 0 aliphatic carbocycles. The molecule has 1 heterocycles. The maximum absolute atomic E-state index is 12.4. The number of rotatable bonds is 4. The normalized spacial score (nSPS) is 10.4. The number of para-hydroxylation sites is 1. The molecule has 0 saturated carbocycles. The van der Waals surface area contributed by atoms with Crippen molar-refractivity contribution in [2.75, 3.05) is 12.3 Å². The van der Waals surface area contributed by atoms with Gasteiger partial charge in [-0.05, 0) is 25.5 Å². The van der Waals surface area contributed by atoms with Crippen LogP contribution < -0.4 is 5.73 Å². The topological polar surface area (TPSA) is 59.2 Å². The summed E-state index contributed by atoms with van der Waals surface area (Å²) in [5, 5.41) is 0.902. The van der Waals surface area contributed by atoms with E-state index in [2.05, 4.69) is 4.98 Å². The van der Waals surface area contributed by atoms with E-state index in [0.29, 0.717) is 23.7 Å². The maximum atomic E-state index is 12.4. The van der Waals surface area contributed by atoms with Gasteiger partial charge in [0.15, 0.2) is 0 Å². The van der Waals surface area contributed by atoms with E-state index in [1.165, 1.54) is 11.3 Å². The number of nitrogens with zero attached hydrogens (tertiary/aromatic N) is 2. The van der Waals surface area contributed by atoms with Crippen LogP contribution in [0.15, 0.2) is 30.5 Å². The first-order chi connectivity index (χ1) is 9.11. The van der Waals surface area contributed by atoms with Crippen molar-refractivity contribution in [3.63, 3.8) is 0 Å². The molecule has 1 aromatic heterocycles. The van der Waals surface area contributed by atoms with Crippen molar-refractivity contribution in [1.29, 1.82) is 0 Å². The Hall–Kier alpha value is -1.88. The molecule has 0 spiro atoms. The second kappa shape index (κ2) is 5.84. The van der Waals surface area contributed by atoms with Gasteiger partial charge in [0.05, 0.1) is 11.2 Å².